The van der Waals surface area contributed by atoms with Crippen molar-refractivity contribution in [2.24, 2.45) is 11.5 Å². The maximum Gasteiger partial charge on any atom is 0.250 e. The zero-order valence-electron chi connectivity index (χ0n) is 8.50. The molecule has 0 saturated carbocycles. The van der Waals surface area contributed by atoms with Crippen LogP contribution in [0.2, 0.25) is 0 Å². The average molecular weight is 265 g/mol. The van der Waals surface area contributed by atoms with E-state index < -0.39 is 5.91 Å². The van der Waals surface area contributed by atoms with E-state index in [1.165, 1.54) is 6.20 Å². The van der Waals surface area contributed by atoms with Gasteiger partial charge in [-0.25, -0.2) is 4.98 Å². The zero-order valence-corrected chi connectivity index (χ0v) is 10.1. The van der Waals surface area contributed by atoms with Crippen molar-refractivity contribution in [2.45, 2.75) is 6.04 Å². The number of carbonyl (C=O) groups is 1. The third kappa shape index (κ3) is 2.98. The summed E-state index contributed by atoms with van der Waals surface area (Å²) < 4.78 is 0. The molecule has 0 bridgehead atoms. The van der Waals surface area contributed by atoms with Crippen LogP contribution in [0.5, 0.6) is 0 Å². The molecule has 0 aromatic carbocycles. The van der Waals surface area contributed by atoms with E-state index >= 15 is 0 Å². The van der Waals surface area contributed by atoms with Gasteiger partial charge < -0.3 is 16.4 Å². The van der Waals surface area contributed by atoms with Crippen LogP contribution >= 0.6 is 24.8 Å². The van der Waals surface area contributed by atoms with E-state index in [2.05, 4.69) is 9.88 Å². The molecule has 0 spiro atoms. The smallest absolute Gasteiger partial charge is 0.250 e. The van der Waals surface area contributed by atoms with Gasteiger partial charge in [-0.05, 0) is 12.1 Å². The summed E-state index contributed by atoms with van der Waals surface area (Å²) in [5.74, 6) is 0.390. The number of hydrogen-bond acceptors (Lipinski definition) is 4. The Balaban J connectivity index is 0.00000112. The summed E-state index contributed by atoms with van der Waals surface area (Å²) in [6.45, 7) is 1.64. The second-order valence-corrected chi connectivity index (χ2v) is 3.43. The van der Waals surface area contributed by atoms with Gasteiger partial charge in [-0.1, -0.05) is 0 Å². The second kappa shape index (κ2) is 5.89. The van der Waals surface area contributed by atoms with E-state index in [1.807, 2.05) is 0 Å². The lowest BCUT2D eigenvalue weighted by atomic mass is 10.1. The minimum absolute atomic E-state index is 0. The molecular weight excluding hydrogens is 251 g/mol. The van der Waals surface area contributed by atoms with Gasteiger partial charge >= 0.3 is 0 Å². The third-order valence-electron chi connectivity index (χ3n) is 2.27. The van der Waals surface area contributed by atoms with Crippen molar-refractivity contribution in [1.29, 1.82) is 0 Å². The van der Waals surface area contributed by atoms with Gasteiger partial charge in [0, 0.05) is 25.3 Å². The molecule has 0 aliphatic carbocycles. The summed E-state index contributed by atoms with van der Waals surface area (Å²) in [4.78, 5) is 16.9. The highest BCUT2D eigenvalue weighted by Crippen LogP contribution is 2.16. The summed E-state index contributed by atoms with van der Waals surface area (Å²) in [5, 5.41) is 0. The topological polar surface area (TPSA) is 85.2 Å². The molecule has 0 radical (unpaired) electrons. The van der Waals surface area contributed by atoms with Crippen LogP contribution in [-0.2, 0) is 0 Å². The number of nitrogens with zero attached hydrogens (tertiary/aromatic N) is 2. The Labute approximate surface area is 106 Å². The first-order valence-corrected chi connectivity index (χ1v) is 4.43. The fraction of sp³-hybridized carbons (Fsp3) is 0.333. The highest BCUT2D eigenvalue weighted by molar-refractivity contribution is 5.92. The number of pyridine rings is 1. The van der Waals surface area contributed by atoms with E-state index in [9.17, 15) is 4.79 Å². The zero-order chi connectivity index (χ0) is 10.1. The van der Waals surface area contributed by atoms with Crippen LogP contribution < -0.4 is 16.4 Å². The van der Waals surface area contributed by atoms with Gasteiger partial charge in [-0.3, -0.25) is 4.79 Å². The van der Waals surface area contributed by atoms with Crippen LogP contribution in [0.3, 0.4) is 0 Å². The first kappa shape index (κ1) is 15.0. The van der Waals surface area contributed by atoms with Crippen molar-refractivity contribution in [3.05, 3.63) is 23.9 Å². The Bertz CT molecular complexity index is 351. The molecule has 0 unspecified atom stereocenters. The minimum atomic E-state index is -0.454. The van der Waals surface area contributed by atoms with Crippen molar-refractivity contribution in [3.63, 3.8) is 0 Å². The first-order valence-electron chi connectivity index (χ1n) is 4.43. The molecule has 1 aliphatic rings. The number of primary amides is 1. The molecular formula is C9H14Cl2N4O. The van der Waals surface area contributed by atoms with E-state index in [0.29, 0.717) is 5.56 Å². The number of amides is 1. The molecule has 7 heteroatoms. The minimum Gasteiger partial charge on any atom is -0.366 e. The Morgan fingerprint density at radius 1 is 1.38 bits per heavy atom. The number of carbonyl (C=O) groups excluding carboxylic acids is 1. The first-order chi connectivity index (χ1) is 6.66. The Morgan fingerprint density at radius 2 is 2.00 bits per heavy atom. The number of aromatic nitrogens is 1. The van der Waals surface area contributed by atoms with Gasteiger partial charge in [0.1, 0.15) is 5.82 Å². The predicted octanol–water partition coefficient (Wildman–Crippen LogP) is 0.171. The van der Waals surface area contributed by atoms with Crippen molar-refractivity contribution in [3.8, 4) is 0 Å². The van der Waals surface area contributed by atoms with Crippen LogP contribution in [0.4, 0.5) is 5.82 Å². The summed E-state index contributed by atoms with van der Waals surface area (Å²) in [5.41, 5.74) is 11.2. The predicted molar refractivity (Wildman–Crippen MR) is 67.4 cm³/mol. The SMILES string of the molecule is Cl.Cl.NC(=O)c1ccc(N2CC(N)C2)nc1. The highest BCUT2D eigenvalue weighted by Gasteiger charge is 2.23. The van der Waals surface area contributed by atoms with Crippen LogP contribution in [0.1, 0.15) is 10.4 Å². The standard InChI is InChI=1S/C9H12N4O.2ClH/c10-7-4-13(5-7)8-2-1-6(3-12-8)9(11)14;;/h1-3,7H,4-5,10H2,(H2,11,14);2*1H. The van der Waals surface area contributed by atoms with Gasteiger partial charge in [-0.2, -0.15) is 0 Å². The van der Waals surface area contributed by atoms with E-state index in [-0.39, 0.29) is 30.9 Å². The average Bonchev–Trinajstić information content (AvgIpc) is 2.13. The number of halogens is 2. The number of hydrogen-bond donors (Lipinski definition) is 2. The molecule has 5 nitrogen and oxygen atoms in total. The molecule has 1 amide bonds. The molecule has 90 valence electrons. The largest absolute Gasteiger partial charge is 0.366 e. The van der Waals surface area contributed by atoms with E-state index in [0.717, 1.165) is 18.9 Å². The van der Waals surface area contributed by atoms with Gasteiger partial charge in [0.2, 0.25) is 5.91 Å². The quantitative estimate of drug-likeness (QED) is 0.798. The highest BCUT2D eigenvalue weighted by atomic mass is 35.5. The maximum atomic E-state index is 10.8. The van der Waals surface area contributed by atoms with Crippen LogP contribution in [0.25, 0.3) is 0 Å². The summed E-state index contributed by atoms with van der Waals surface area (Å²) in [6.07, 6.45) is 1.49. The van der Waals surface area contributed by atoms with Crippen LogP contribution in [0.15, 0.2) is 18.3 Å². The molecule has 1 saturated heterocycles. The van der Waals surface area contributed by atoms with E-state index in [1.54, 1.807) is 12.1 Å². The van der Waals surface area contributed by atoms with Crippen molar-refractivity contribution in [1.82, 2.24) is 4.98 Å². The Hall–Kier alpha value is -1.04. The number of nitrogens with two attached hydrogens (primary N) is 2. The normalized spacial score (nSPS) is 14.4. The lowest BCUT2D eigenvalue weighted by molar-refractivity contribution is 0.1000. The van der Waals surface area contributed by atoms with Gasteiger partial charge in [0.25, 0.3) is 0 Å². The molecule has 2 rings (SSSR count). The Morgan fingerprint density at radius 3 is 2.38 bits per heavy atom. The Kier molecular flexibility index (Phi) is 5.50. The fourth-order valence-corrected chi connectivity index (χ4v) is 1.42. The number of rotatable bonds is 2. The van der Waals surface area contributed by atoms with Gasteiger partial charge in [-0.15, -0.1) is 24.8 Å². The summed E-state index contributed by atoms with van der Waals surface area (Å²) in [6, 6.07) is 3.70. The van der Waals surface area contributed by atoms with E-state index in [4.69, 9.17) is 11.5 Å². The lowest BCUT2D eigenvalue weighted by Crippen LogP contribution is -2.56. The van der Waals surface area contributed by atoms with Crippen molar-refractivity contribution in [2.75, 3.05) is 18.0 Å². The fourth-order valence-electron chi connectivity index (χ4n) is 1.42. The molecule has 4 N–H and O–H groups in total. The van der Waals surface area contributed by atoms with Gasteiger partial charge in [0.15, 0.2) is 0 Å². The third-order valence-corrected chi connectivity index (χ3v) is 2.27. The second-order valence-electron chi connectivity index (χ2n) is 3.43. The molecule has 1 aliphatic heterocycles. The summed E-state index contributed by atoms with van der Waals surface area (Å²) >= 11 is 0. The molecule has 1 fully saturated rings. The maximum absolute atomic E-state index is 10.8. The van der Waals surface area contributed by atoms with Crippen molar-refractivity contribution >= 4 is 36.5 Å². The molecule has 1 aromatic rings. The van der Waals surface area contributed by atoms with Gasteiger partial charge in [0.05, 0.1) is 5.56 Å². The summed E-state index contributed by atoms with van der Waals surface area (Å²) in [7, 11) is 0. The molecule has 2 heterocycles. The molecule has 16 heavy (non-hydrogen) atoms. The number of anilines is 1. The van der Waals surface area contributed by atoms with Crippen LogP contribution in [-0.4, -0.2) is 30.0 Å². The lowest BCUT2D eigenvalue weighted by Gasteiger charge is -2.37. The molecule has 1 aromatic heterocycles. The van der Waals surface area contributed by atoms with Crippen molar-refractivity contribution < 1.29 is 4.79 Å². The monoisotopic (exact) mass is 264 g/mol. The van der Waals surface area contributed by atoms with Crippen LogP contribution in [0, 0.1) is 0 Å². The molecule has 0 atom stereocenters.